The molecule has 14 heavy (non-hydrogen) atoms. The zero-order chi connectivity index (χ0) is 10.6. The number of benzene rings is 1. The van der Waals surface area contributed by atoms with E-state index in [0.717, 1.165) is 28.6 Å². The van der Waals surface area contributed by atoms with E-state index in [-0.39, 0.29) is 0 Å². The van der Waals surface area contributed by atoms with Gasteiger partial charge in [0.2, 0.25) is 0 Å². The lowest BCUT2D eigenvalue weighted by atomic mass is 10.1. The summed E-state index contributed by atoms with van der Waals surface area (Å²) in [7, 11) is 0. The van der Waals surface area contributed by atoms with Gasteiger partial charge < -0.3 is 5.32 Å². The second-order valence-electron chi connectivity index (χ2n) is 3.40. The van der Waals surface area contributed by atoms with Crippen LogP contribution in [-0.4, -0.2) is 12.6 Å². The van der Waals surface area contributed by atoms with E-state index in [1.807, 2.05) is 18.2 Å². The van der Waals surface area contributed by atoms with E-state index >= 15 is 0 Å². The summed E-state index contributed by atoms with van der Waals surface area (Å²) in [4.78, 5) is 0. The fourth-order valence-electron chi connectivity index (χ4n) is 1.45. The van der Waals surface area contributed by atoms with E-state index < -0.39 is 0 Å². The van der Waals surface area contributed by atoms with Gasteiger partial charge in [-0.3, -0.25) is 0 Å². The van der Waals surface area contributed by atoms with Crippen molar-refractivity contribution < 1.29 is 0 Å². The highest BCUT2D eigenvalue weighted by Crippen LogP contribution is 2.21. The lowest BCUT2D eigenvalue weighted by Gasteiger charge is -2.13. The first-order valence-electron chi connectivity index (χ1n) is 4.80. The van der Waals surface area contributed by atoms with Crippen LogP contribution in [0.1, 0.15) is 19.4 Å². The Kier molecular flexibility index (Phi) is 4.73. The minimum atomic E-state index is 0.427. The molecule has 1 aromatic carbocycles. The van der Waals surface area contributed by atoms with Crippen LogP contribution in [0.25, 0.3) is 0 Å². The van der Waals surface area contributed by atoms with Gasteiger partial charge in [0.05, 0.1) is 0 Å². The highest BCUT2D eigenvalue weighted by Gasteiger charge is 2.06. The third-order valence-corrected chi connectivity index (χ3v) is 2.69. The van der Waals surface area contributed by atoms with Gasteiger partial charge in [0, 0.05) is 16.1 Å². The molecule has 1 N–H and O–H groups in total. The Morgan fingerprint density at radius 2 is 2.07 bits per heavy atom. The quantitative estimate of drug-likeness (QED) is 0.837. The van der Waals surface area contributed by atoms with E-state index in [1.165, 1.54) is 0 Å². The fraction of sp³-hybridized carbons (Fsp3) is 0.455. The van der Waals surface area contributed by atoms with Crippen molar-refractivity contribution in [3.05, 3.63) is 33.8 Å². The first kappa shape index (κ1) is 11.8. The Labute approximate surface area is 95.4 Å². The van der Waals surface area contributed by atoms with Crippen molar-refractivity contribution in [2.45, 2.75) is 26.3 Å². The van der Waals surface area contributed by atoms with Crippen molar-refractivity contribution in [1.82, 2.24) is 5.32 Å². The fourth-order valence-corrected chi connectivity index (χ4v) is 1.84. The number of nitrogens with one attached hydrogen (secondary N) is 1. The van der Waals surface area contributed by atoms with Gasteiger partial charge in [-0.05, 0) is 43.7 Å². The summed E-state index contributed by atoms with van der Waals surface area (Å²) in [6.07, 6.45) is 0.910. The number of hydrogen-bond acceptors (Lipinski definition) is 1. The van der Waals surface area contributed by atoms with Gasteiger partial charge in [-0.1, -0.05) is 30.1 Å². The highest BCUT2D eigenvalue weighted by atomic mass is 35.5. The van der Waals surface area contributed by atoms with E-state index in [1.54, 1.807) is 0 Å². The molecule has 3 heteroatoms. The third kappa shape index (κ3) is 3.49. The smallest absolute Gasteiger partial charge is 0.0439 e. The first-order chi connectivity index (χ1) is 6.63. The molecule has 78 valence electrons. The summed E-state index contributed by atoms with van der Waals surface area (Å²) >= 11 is 12.0. The summed E-state index contributed by atoms with van der Waals surface area (Å²) in [5.74, 6) is 0. The molecule has 0 aliphatic rings. The average Bonchev–Trinajstić information content (AvgIpc) is 2.12. The van der Waals surface area contributed by atoms with Crippen LogP contribution in [0.5, 0.6) is 0 Å². The summed E-state index contributed by atoms with van der Waals surface area (Å²) in [5.41, 5.74) is 1.10. The molecule has 0 heterocycles. The van der Waals surface area contributed by atoms with Crippen LogP contribution in [0.4, 0.5) is 0 Å². The Bertz CT molecular complexity index is 299. The van der Waals surface area contributed by atoms with E-state index in [2.05, 4.69) is 19.2 Å². The molecular formula is C11H15Cl2N. The second kappa shape index (κ2) is 5.59. The normalized spacial score (nSPS) is 12.9. The van der Waals surface area contributed by atoms with Crippen LogP contribution in [0.2, 0.25) is 10.0 Å². The van der Waals surface area contributed by atoms with Crippen molar-refractivity contribution in [2.75, 3.05) is 6.54 Å². The monoisotopic (exact) mass is 231 g/mol. The minimum Gasteiger partial charge on any atom is -0.314 e. The average molecular weight is 232 g/mol. The van der Waals surface area contributed by atoms with Gasteiger partial charge in [0.15, 0.2) is 0 Å². The topological polar surface area (TPSA) is 12.0 Å². The van der Waals surface area contributed by atoms with Crippen molar-refractivity contribution in [3.8, 4) is 0 Å². The van der Waals surface area contributed by atoms with Crippen LogP contribution in [0.3, 0.4) is 0 Å². The van der Waals surface area contributed by atoms with E-state index in [4.69, 9.17) is 23.2 Å². The summed E-state index contributed by atoms with van der Waals surface area (Å²) in [6.45, 7) is 5.20. The molecule has 0 saturated carbocycles. The molecule has 0 amide bonds. The number of hydrogen-bond donors (Lipinski definition) is 1. The number of rotatable bonds is 4. The Morgan fingerprint density at radius 3 is 2.71 bits per heavy atom. The molecule has 0 aliphatic heterocycles. The van der Waals surface area contributed by atoms with Crippen molar-refractivity contribution in [1.29, 1.82) is 0 Å². The molecule has 0 spiro atoms. The molecule has 1 nitrogen and oxygen atoms in total. The molecule has 1 unspecified atom stereocenters. The van der Waals surface area contributed by atoms with Gasteiger partial charge in [0.25, 0.3) is 0 Å². The van der Waals surface area contributed by atoms with Crippen LogP contribution < -0.4 is 5.32 Å². The lowest BCUT2D eigenvalue weighted by Crippen LogP contribution is -2.27. The largest absolute Gasteiger partial charge is 0.314 e. The van der Waals surface area contributed by atoms with Gasteiger partial charge in [-0.25, -0.2) is 0 Å². The highest BCUT2D eigenvalue weighted by molar-refractivity contribution is 6.33. The Balaban J connectivity index is 2.70. The molecule has 0 aliphatic carbocycles. The first-order valence-corrected chi connectivity index (χ1v) is 5.56. The standard InChI is InChI=1S/C11H15Cl2N/c1-3-14-8(2)6-9-7-10(12)4-5-11(9)13/h4-5,7-8,14H,3,6H2,1-2H3. The van der Waals surface area contributed by atoms with Gasteiger partial charge in [0.1, 0.15) is 0 Å². The number of halogens is 2. The molecule has 0 radical (unpaired) electrons. The number of likely N-dealkylation sites (N-methyl/N-ethyl adjacent to an activating group) is 1. The van der Waals surface area contributed by atoms with Crippen LogP contribution in [-0.2, 0) is 6.42 Å². The van der Waals surface area contributed by atoms with Gasteiger partial charge in [-0.2, -0.15) is 0 Å². The van der Waals surface area contributed by atoms with Gasteiger partial charge in [-0.15, -0.1) is 0 Å². The third-order valence-electron chi connectivity index (χ3n) is 2.09. The second-order valence-corrected chi connectivity index (χ2v) is 4.24. The SMILES string of the molecule is CCNC(C)Cc1cc(Cl)ccc1Cl. The van der Waals surface area contributed by atoms with Crippen LogP contribution >= 0.6 is 23.2 Å². The molecule has 0 fully saturated rings. The maximum Gasteiger partial charge on any atom is 0.0439 e. The maximum atomic E-state index is 6.05. The molecule has 0 aromatic heterocycles. The predicted octanol–water partition coefficient (Wildman–Crippen LogP) is 3.53. The summed E-state index contributed by atoms with van der Waals surface area (Å²) < 4.78 is 0. The van der Waals surface area contributed by atoms with Crippen LogP contribution in [0.15, 0.2) is 18.2 Å². The Hall–Kier alpha value is -0.240. The van der Waals surface area contributed by atoms with E-state index in [0.29, 0.717) is 6.04 Å². The predicted molar refractivity (Wildman–Crippen MR) is 63.3 cm³/mol. The molecule has 1 aromatic rings. The summed E-state index contributed by atoms with van der Waals surface area (Å²) in [5, 5.41) is 4.87. The molecule has 1 atom stereocenters. The lowest BCUT2D eigenvalue weighted by molar-refractivity contribution is 0.565. The Morgan fingerprint density at radius 1 is 1.36 bits per heavy atom. The van der Waals surface area contributed by atoms with Crippen LogP contribution in [0, 0.1) is 0 Å². The van der Waals surface area contributed by atoms with Crippen molar-refractivity contribution >= 4 is 23.2 Å². The van der Waals surface area contributed by atoms with Crippen molar-refractivity contribution in [2.24, 2.45) is 0 Å². The van der Waals surface area contributed by atoms with Gasteiger partial charge >= 0.3 is 0 Å². The maximum absolute atomic E-state index is 6.05. The van der Waals surface area contributed by atoms with E-state index in [9.17, 15) is 0 Å². The van der Waals surface area contributed by atoms with Crippen molar-refractivity contribution in [3.63, 3.8) is 0 Å². The molecule has 1 rings (SSSR count). The zero-order valence-corrected chi connectivity index (χ0v) is 9.99. The zero-order valence-electron chi connectivity index (χ0n) is 8.48. The molecule has 0 bridgehead atoms. The summed E-state index contributed by atoms with van der Waals surface area (Å²) in [6, 6.07) is 6.01. The molecule has 0 saturated heterocycles. The minimum absolute atomic E-state index is 0.427. The molecular weight excluding hydrogens is 217 g/mol.